The van der Waals surface area contributed by atoms with Crippen LogP contribution in [-0.2, 0) is 6.18 Å². The zero-order valence-electron chi connectivity index (χ0n) is 13.4. The van der Waals surface area contributed by atoms with E-state index < -0.39 is 39.0 Å². The summed E-state index contributed by atoms with van der Waals surface area (Å²) in [5.41, 5.74) is -2.16. The standard InChI is InChI=1S/C16H12ClF3N2O5/c17-12-8-14(13(22(25)26)7-11(12)16(18,19)20)27-10-3-1-2-9(6-10)15(24)21-4-5-23/h1-3,6-8,23H,4-5H2,(H,21,24). The van der Waals surface area contributed by atoms with Gasteiger partial charge in [-0.1, -0.05) is 17.7 Å². The maximum absolute atomic E-state index is 12.9. The molecular weight excluding hydrogens is 393 g/mol. The SMILES string of the molecule is O=C(NCCO)c1cccc(Oc2cc(Cl)c(C(F)(F)F)cc2[N+](=O)[O-])c1. The van der Waals surface area contributed by atoms with Crippen molar-refractivity contribution in [2.75, 3.05) is 13.2 Å². The minimum atomic E-state index is -4.87. The number of aliphatic hydroxyl groups is 1. The van der Waals surface area contributed by atoms with Gasteiger partial charge in [-0.2, -0.15) is 13.2 Å². The Morgan fingerprint density at radius 2 is 2.00 bits per heavy atom. The molecule has 0 unspecified atom stereocenters. The summed E-state index contributed by atoms with van der Waals surface area (Å²) in [6.45, 7) is -0.248. The molecule has 0 spiro atoms. The first-order chi connectivity index (χ1) is 12.6. The van der Waals surface area contributed by atoms with Gasteiger partial charge in [-0.15, -0.1) is 0 Å². The molecule has 2 aromatic rings. The highest BCUT2D eigenvalue weighted by Gasteiger charge is 2.36. The Kier molecular flexibility index (Phi) is 6.24. The van der Waals surface area contributed by atoms with Crippen LogP contribution in [0.1, 0.15) is 15.9 Å². The van der Waals surface area contributed by atoms with Crippen LogP contribution in [0.4, 0.5) is 18.9 Å². The van der Waals surface area contributed by atoms with Crippen LogP contribution in [0.3, 0.4) is 0 Å². The van der Waals surface area contributed by atoms with Gasteiger partial charge in [0.1, 0.15) is 5.75 Å². The fraction of sp³-hybridized carbons (Fsp3) is 0.188. The molecule has 1 amide bonds. The van der Waals surface area contributed by atoms with E-state index in [0.29, 0.717) is 6.07 Å². The number of aliphatic hydroxyl groups excluding tert-OH is 1. The lowest BCUT2D eigenvalue weighted by molar-refractivity contribution is -0.385. The molecule has 2 rings (SSSR count). The summed E-state index contributed by atoms with van der Waals surface area (Å²) in [5.74, 6) is -1.06. The molecule has 0 bridgehead atoms. The number of ether oxygens (including phenoxy) is 1. The number of nitro groups is 1. The normalized spacial score (nSPS) is 11.1. The predicted octanol–water partition coefficient (Wildman–Crippen LogP) is 3.78. The molecule has 144 valence electrons. The summed E-state index contributed by atoms with van der Waals surface area (Å²) in [5, 5.41) is 21.5. The highest BCUT2D eigenvalue weighted by molar-refractivity contribution is 6.31. The number of alkyl halides is 3. The minimum absolute atomic E-state index is 0.0178. The van der Waals surface area contributed by atoms with Gasteiger partial charge in [0.2, 0.25) is 5.75 Å². The van der Waals surface area contributed by atoms with Gasteiger partial charge in [-0.25, -0.2) is 0 Å². The van der Waals surface area contributed by atoms with E-state index >= 15 is 0 Å². The number of nitrogens with one attached hydrogen (secondary N) is 1. The van der Waals surface area contributed by atoms with E-state index in [1.165, 1.54) is 24.3 Å². The van der Waals surface area contributed by atoms with Gasteiger partial charge < -0.3 is 15.2 Å². The van der Waals surface area contributed by atoms with E-state index in [0.717, 1.165) is 0 Å². The van der Waals surface area contributed by atoms with Crippen LogP contribution in [0.25, 0.3) is 0 Å². The zero-order valence-corrected chi connectivity index (χ0v) is 14.2. The number of carbonyl (C=O) groups excluding carboxylic acids is 1. The molecule has 2 aromatic carbocycles. The van der Waals surface area contributed by atoms with Crippen LogP contribution in [0.5, 0.6) is 11.5 Å². The van der Waals surface area contributed by atoms with Crippen LogP contribution < -0.4 is 10.1 Å². The van der Waals surface area contributed by atoms with E-state index in [1.54, 1.807) is 0 Å². The average Bonchev–Trinajstić information content (AvgIpc) is 2.58. The number of hydrogen-bond donors (Lipinski definition) is 2. The van der Waals surface area contributed by atoms with E-state index in [9.17, 15) is 28.1 Å². The summed E-state index contributed by atoms with van der Waals surface area (Å²) < 4.78 is 43.9. The molecule has 27 heavy (non-hydrogen) atoms. The summed E-state index contributed by atoms with van der Waals surface area (Å²) >= 11 is 5.59. The second kappa shape index (κ2) is 8.23. The average molecular weight is 405 g/mol. The van der Waals surface area contributed by atoms with Gasteiger partial charge in [0.15, 0.2) is 0 Å². The number of benzene rings is 2. The minimum Gasteiger partial charge on any atom is -0.450 e. The van der Waals surface area contributed by atoms with Gasteiger partial charge in [0, 0.05) is 24.2 Å². The van der Waals surface area contributed by atoms with Crippen LogP contribution in [0, 0.1) is 10.1 Å². The summed E-state index contributed by atoms with van der Waals surface area (Å²) in [4.78, 5) is 22.0. The lowest BCUT2D eigenvalue weighted by atomic mass is 10.1. The van der Waals surface area contributed by atoms with Crippen molar-refractivity contribution in [3.05, 3.63) is 62.7 Å². The largest absolute Gasteiger partial charge is 0.450 e. The molecule has 0 aliphatic heterocycles. The van der Waals surface area contributed by atoms with Crippen molar-refractivity contribution in [2.45, 2.75) is 6.18 Å². The van der Waals surface area contributed by atoms with Crippen LogP contribution in [0.2, 0.25) is 5.02 Å². The Hall–Kier alpha value is -2.85. The first-order valence-corrected chi connectivity index (χ1v) is 7.73. The molecular formula is C16H12ClF3N2O5. The molecule has 0 atom stereocenters. The van der Waals surface area contributed by atoms with E-state index in [-0.39, 0.29) is 30.5 Å². The number of hydrogen-bond acceptors (Lipinski definition) is 5. The fourth-order valence-corrected chi connectivity index (χ4v) is 2.35. The second-order valence-corrected chi connectivity index (χ2v) is 5.57. The number of rotatable bonds is 6. The Morgan fingerprint density at radius 1 is 1.30 bits per heavy atom. The van der Waals surface area contributed by atoms with Crippen molar-refractivity contribution in [3.8, 4) is 11.5 Å². The smallest absolute Gasteiger partial charge is 0.418 e. The molecule has 2 N–H and O–H groups in total. The molecule has 0 aliphatic rings. The lowest BCUT2D eigenvalue weighted by Gasteiger charge is -2.12. The van der Waals surface area contributed by atoms with Gasteiger partial charge in [0.25, 0.3) is 5.91 Å². The number of amides is 1. The van der Waals surface area contributed by atoms with Crippen molar-refractivity contribution in [2.24, 2.45) is 0 Å². The van der Waals surface area contributed by atoms with Crippen molar-refractivity contribution in [1.82, 2.24) is 5.32 Å². The number of carbonyl (C=O) groups is 1. The highest BCUT2D eigenvalue weighted by Crippen LogP contribution is 2.42. The third-order valence-corrected chi connectivity index (χ3v) is 3.58. The molecule has 0 saturated carbocycles. The van der Waals surface area contributed by atoms with Gasteiger partial charge >= 0.3 is 11.9 Å². The highest BCUT2D eigenvalue weighted by atomic mass is 35.5. The molecule has 0 fully saturated rings. The van der Waals surface area contributed by atoms with Crippen LogP contribution in [0.15, 0.2) is 36.4 Å². The van der Waals surface area contributed by atoms with E-state index in [1.807, 2.05) is 0 Å². The predicted molar refractivity (Wildman–Crippen MR) is 89.0 cm³/mol. The van der Waals surface area contributed by atoms with Crippen molar-refractivity contribution >= 4 is 23.2 Å². The Morgan fingerprint density at radius 3 is 2.59 bits per heavy atom. The second-order valence-electron chi connectivity index (χ2n) is 5.16. The summed E-state index contributed by atoms with van der Waals surface area (Å²) in [6.07, 6.45) is -4.87. The number of nitro benzene ring substituents is 1. The maximum Gasteiger partial charge on any atom is 0.418 e. The Balaban J connectivity index is 2.38. The third-order valence-electron chi connectivity index (χ3n) is 3.27. The third kappa shape index (κ3) is 5.08. The molecule has 0 heterocycles. The Labute approximate surface area is 155 Å². The first-order valence-electron chi connectivity index (χ1n) is 7.35. The monoisotopic (exact) mass is 404 g/mol. The maximum atomic E-state index is 12.9. The van der Waals surface area contributed by atoms with E-state index in [2.05, 4.69) is 5.32 Å². The first kappa shape index (κ1) is 20.5. The molecule has 0 saturated heterocycles. The van der Waals surface area contributed by atoms with Gasteiger partial charge in [0.05, 0.1) is 22.1 Å². The molecule has 0 radical (unpaired) electrons. The summed E-state index contributed by atoms with van der Waals surface area (Å²) in [7, 11) is 0. The zero-order chi connectivity index (χ0) is 20.2. The van der Waals surface area contributed by atoms with E-state index in [4.69, 9.17) is 21.4 Å². The van der Waals surface area contributed by atoms with Crippen LogP contribution in [-0.4, -0.2) is 29.1 Å². The molecule has 11 heteroatoms. The topological polar surface area (TPSA) is 102 Å². The number of nitrogens with zero attached hydrogens (tertiary/aromatic N) is 1. The van der Waals surface area contributed by atoms with Crippen molar-refractivity contribution in [3.63, 3.8) is 0 Å². The van der Waals surface area contributed by atoms with Crippen molar-refractivity contribution < 1.29 is 32.7 Å². The summed E-state index contributed by atoms with van der Waals surface area (Å²) in [6, 6.07) is 6.42. The lowest BCUT2D eigenvalue weighted by Crippen LogP contribution is -2.26. The quantitative estimate of drug-likeness (QED) is 0.563. The molecule has 7 nitrogen and oxygen atoms in total. The Bertz CT molecular complexity index is 874. The van der Waals surface area contributed by atoms with Crippen LogP contribution >= 0.6 is 11.6 Å². The molecule has 0 aromatic heterocycles. The fourth-order valence-electron chi connectivity index (χ4n) is 2.08. The van der Waals surface area contributed by atoms with Crippen molar-refractivity contribution in [1.29, 1.82) is 0 Å². The van der Waals surface area contributed by atoms with Gasteiger partial charge in [-0.3, -0.25) is 14.9 Å². The van der Waals surface area contributed by atoms with Gasteiger partial charge in [-0.05, 0) is 18.2 Å². The number of halogens is 4. The molecule has 0 aliphatic carbocycles.